The predicted octanol–water partition coefficient (Wildman–Crippen LogP) is 2.93. The van der Waals surface area contributed by atoms with Gasteiger partial charge in [-0.1, -0.05) is 30.3 Å². The normalized spacial score (nSPS) is 11.4. The van der Waals surface area contributed by atoms with Gasteiger partial charge >= 0.3 is 0 Å². The number of hydrogen-bond donors (Lipinski definition) is 1. The fourth-order valence-electron chi connectivity index (χ4n) is 1.66. The van der Waals surface area contributed by atoms with Crippen molar-refractivity contribution in [1.29, 1.82) is 0 Å². The van der Waals surface area contributed by atoms with Crippen LogP contribution in [0.2, 0.25) is 0 Å². The molecule has 18 heavy (non-hydrogen) atoms. The van der Waals surface area contributed by atoms with E-state index in [0.717, 1.165) is 28.6 Å². The highest BCUT2D eigenvalue weighted by Gasteiger charge is 1.98. The number of aryl methyl sites for hydroxylation is 2. The van der Waals surface area contributed by atoms with Gasteiger partial charge in [0.25, 0.3) is 0 Å². The first kappa shape index (κ1) is 12.2. The molecule has 0 atom stereocenters. The maximum Gasteiger partial charge on any atom is 0.150 e. The summed E-state index contributed by atoms with van der Waals surface area (Å²) in [6.07, 6.45) is 0. The molecule has 0 radical (unpaired) electrons. The maximum absolute atomic E-state index is 4.32. The molecule has 1 aromatic carbocycles. The first-order chi connectivity index (χ1) is 8.65. The third-order valence-corrected chi connectivity index (χ3v) is 2.50. The van der Waals surface area contributed by atoms with Gasteiger partial charge in [0.15, 0.2) is 0 Å². The van der Waals surface area contributed by atoms with E-state index in [-0.39, 0.29) is 0 Å². The Kier molecular flexibility index (Phi) is 3.67. The summed E-state index contributed by atoms with van der Waals surface area (Å²) < 4.78 is 0. The SMILES string of the molecule is C/C(=N\Nc1cc(C)nc(C)n1)c1ccccc1. The summed E-state index contributed by atoms with van der Waals surface area (Å²) in [5.74, 6) is 1.46. The molecule has 0 unspecified atom stereocenters. The van der Waals surface area contributed by atoms with Crippen molar-refractivity contribution in [2.75, 3.05) is 5.43 Å². The van der Waals surface area contributed by atoms with Crippen LogP contribution in [0, 0.1) is 13.8 Å². The van der Waals surface area contributed by atoms with E-state index in [1.54, 1.807) is 0 Å². The van der Waals surface area contributed by atoms with Crippen molar-refractivity contribution in [3.05, 3.63) is 53.5 Å². The van der Waals surface area contributed by atoms with Crippen LogP contribution >= 0.6 is 0 Å². The fraction of sp³-hybridized carbons (Fsp3) is 0.214. The summed E-state index contributed by atoms with van der Waals surface area (Å²) in [6.45, 7) is 5.77. The van der Waals surface area contributed by atoms with Gasteiger partial charge in [-0.25, -0.2) is 9.97 Å². The van der Waals surface area contributed by atoms with Crippen molar-refractivity contribution in [3.63, 3.8) is 0 Å². The predicted molar refractivity (Wildman–Crippen MR) is 73.8 cm³/mol. The summed E-state index contributed by atoms with van der Waals surface area (Å²) in [5, 5.41) is 4.32. The Labute approximate surface area is 107 Å². The van der Waals surface area contributed by atoms with Gasteiger partial charge in [-0.05, 0) is 26.3 Å². The minimum atomic E-state index is 0.718. The van der Waals surface area contributed by atoms with E-state index in [1.165, 1.54) is 0 Å². The average molecular weight is 240 g/mol. The molecule has 0 aliphatic rings. The summed E-state index contributed by atoms with van der Waals surface area (Å²) in [7, 11) is 0. The van der Waals surface area contributed by atoms with E-state index in [2.05, 4.69) is 20.5 Å². The molecule has 92 valence electrons. The molecule has 0 aliphatic heterocycles. The molecule has 0 amide bonds. The lowest BCUT2D eigenvalue weighted by molar-refractivity contribution is 1.00. The van der Waals surface area contributed by atoms with E-state index < -0.39 is 0 Å². The van der Waals surface area contributed by atoms with E-state index in [4.69, 9.17) is 0 Å². The molecular weight excluding hydrogens is 224 g/mol. The molecule has 2 aromatic rings. The number of hydrazone groups is 1. The number of rotatable bonds is 3. The van der Waals surface area contributed by atoms with Crippen LogP contribution in [-0.2, 0) is 0 Å². The molecule has 1 N–H and O–H groups in total. The van der Waals surface area contributed by atoms with Crippen molar-refractivity contribution in [3.8, 4) is 0 Å². The monoisotopic (exact) mass is 240 g/mol. The van der Waals surface area contributed by atoms with Crippen LogP contribution in [0.15, 0.2) is 41.5 Å². The molecule has 0 saturated carbocycles. The van der Waals surface area contributed by atoms with Gasteiger partial charge in [0.2, 0.25) is 0 Å². The zero-order chi connectivity index (χ0) is 13.0. The lowest BCUT2D eigenvalue weighted by Crippen LogP contribution is -2.02. The highest BCUT2D eigenvalue weighted by molar-refractivity contribution is 5.98. The Hall–Kier alpha value is -2.23. The van der Waals surface area contributed by atoms with Crippen LogP contribution in [0.5, 0.6) is 0 Å². The second-order valence-corrected chi connectivity index (χ2v) is 4.12. The second-order valence-electron chi connectivity index (χ2n) is 4.12. The Balaban J connectivity index is 2.15. The molecule has 1 aromatic heterocycles. The van der Waals surface area contributed by atoms with Crippen molar-refractivity contribution in [2.45, 2.75) is 20.8 Å². The quantitative estimate of drug-likeness (QED) is 0.663. The second kappa shape index (κ2) is 5.40. The van der Waals surface area contributed by atoms with Crippen molar-refractivity contribution in [2.24, 2.45) is 5.10 Å². The molecule has 0 fully saturated rings. The first-order valence-electron chi connectivity index (χ1n) is 5.83. The van der Waals surface area contributed by atoms with Crippen LogP contribution in [0.1, 0.15) is 24.0 Å². The number of nitrogens with zero attached hydrogens (tertiary/aromatic N) is 3. The fourth-order valence-corrected chi connectivity index (χ4v) is 1.66. The van der Waals surface area contributed by atoms with Gasteiger partial charge in [-0.2, -0.15) is 5.10 Å². The molecule has 1 heterocycles. The van der Waals surface area contributed by atoms with Gasteiger partial charge < -0.3 is 0 Å². The van der Waals surface area contributed by atoms with E-state index >= 15 is 0 Å². The maximum atomic E-state index is 4.32. The Morgan fingerprint density at radius 1 is 1.11 bits per heavy atom. The Bertz CT molecular complexity index is 541. The number of hydrogen-bond acceptors (Lipinski definition) is 4. The number of anilines is 1. The third kappa shape index (κ3) is 3.13. The molecule has 4 heteroatoms. The van der Waals surface area contributed by atoms with Gasteiger partial charge in [-0.3, -0.25) is 5.43 Å². The number of benzene rings is 1. The molecule has 4 nitrogen and oxygen atoms in total. The van der Waals surface area contributed by atoms with E-state index in [0.29, 0.717) is 0 Å². The Morgan fingerprint density at radius 3 is 2.50 bits per heavy atom. The molecule has 0 spiro atoms. The van der Waals surface area contributed by atoms with E-state index in [9.17, 15) is 0 Å². The summed E-state index contributed by atoms with van der Waals surface area (Å²) in [5.41, 5.74) is 5.90. The van der Waals surface area contributed by atoms with Crippen molar-refractivity contribution >= 4 is 11.5 Å². The highest BCUT2D eigenvalue weighted by Crippen LogP contribution is 2.07. The topological polar surface area (TPSA) is 50.2 Å². The minimum Gasteiger partial charge on any atom is -0.261 e. The smallest absolute Gasteiger partial charge is 0.150 e. The van der Waals surface area contributed by atoms with Crippen LogP contribution in [0.25, 0.3) is 0 Å². The minimum absolute atomic E-state index is 0.718. The molecule has 0 saturated heterocycles. The zero-order valence-corrected chi connectivity index (χ0v) is 10.8. The van der Waals surface area contributed by atoms with Crippen LogP contribution in [0.3, 0.4) is 0 Å². The zero-order valence-electron chi connectivity index (χ0n) is 10.8. The molecule has 0 aliphatic carbocycles. The Morgan fingerprint density at radius 2 is 1.83 bits per heavy atom. The van der Waals surface area contributed by atoms with Gasteiger partial charge in [0.1, 0.15) is 11.6 Å². The summed E-state index contributed by atoms with van der Waals surface area (Å²) in [6, 6.07) is 11.9. The molecule has 0 bridgehead atoms. The lowest BCUT2D eigenvalue weighted by atomic mass is 10.1. The van der Waals surface area contributed by atoms with Crippen LogP contribution in [0.4, 0.5) is 5.82 Å². The summed E-state index contributed by atoms with van der Waals surface area (Å²) in [4.78, 5) is 8.49. The van der Waals surface area contributed by atoms with Crippen molar-refractivity contribution in [1.82, 2.24) is 9.97 Å². The van der Waals surface area contributed by atoms with E-state index in [1.807, 2.05) is 57.2 Å². The van der Waals surface area contributed by atoms with Crippen LogP contribution < -0.4 is 5.43 Å². The van der Waals surface area contributed by atoms with Crippen molar-refractivity contribution < 1.29 is 0 Å². The summed E-state index contributed by atoms with van der Waals surface area (Å²) >= 11 is 0. The van der Waals surface area contributed by atoms with Gasteiger partial charge in [0, 0.05) is 11.8 Å². The largest absolute Gasteiger partial charge is 0.261 e. The lowest BCUT2D eigenvalue weighted by Gasteiger charge is -2.04. The molecular formula is C14H16N4. The molecule has 2 rings (SSSR count). The third-order valence-electron chi connectivity index (χ3n) is 2.50. The van der Waals surface area contributed by atoms with Gasteiger partial charge in [-0.15, -0.1) is 0 Å². The average Bonchev–Trinajstić information content (AvgIpc) is 2.36. The first-order valence-corrected chi connectivity index (χ1v) is 5.83. The van der Waals surface area contributed by atoms with Crippen LogP contribution in [-0.4, -0.2) is 15.7 Å². The number of nitrogens with one attached hydrogen (secondary N) is 1. The highest BCUT2D eigenvalue weighted by atomic mass is 15.3. The standard InChI is InChI=1S/C14H16N4/c1-10-9-14(16-12(3)15-10)18-17-11(2)13-7-5-4-6-8-13/h4-9H,1-3H3,(H,15,16,18)/b17-11+. The van der Waals surface area contributed by atoms with Gasteiger partial charge in [0.05, 0.1) is 5.71 Å². The number of aromatic nitrogens is 2.